The van der Waals surface area contributed by atoms with Crippen LogP contribution in [0.1, 0.15) is 33.6 Å². The van der Waals surface area contributed by atoms with Crippen LogP contribution in [0.25, 0.3) is 0 Å². The first kappa shape index (κ1) is 13.5. The van der Waals surface area contributed by atoms with Crippen molar-refractivity contribution in [1.29, 1.82) is 0 Å². The summed E-state index contributed by atoms with van der Waals surface area (Å²) in [5.74, 6) is -1.35. The van der Waals surface area contributed by atoms with Crippen LogP contribution < -0.4 is 5.32 Å². The van der Waals surface area contributed by atoms with E-state index in [9.17, 15) is 9.59 Å². The van der Waals surface area contributed by atoms with Gasteiger partial charge in [0.1, 0.15) is 0 Å². The van der Waals surface area contributed by atoms with Gasteiger partial charge in [-0.1, -0.05) is 0 Å². The summed E-state index contributed by atoms with van der Waals surface area (Å²) >= 11 is 0. The normalized spacial score (nSPS) is 19.9. The fourth-order valence-electron chi connectivity index (χ4n) is 2.23. The summed E-state index contributed by atoms with van der Waals surface area (Å²) in [7, 11) is 2.02. The topological polar surface area (TPSA) is 82.5 Å². The Morgan fingerprint density at radius 1 is 1.42 bits per heavy atom. The fourth-order valence-corrected chi connectivity index (χ4v) is 2.23. The largest absolute Gasteiger partial charge is 0.478 e. The molecule has 2 heterocycles. The number of carboxylic acid groups (broad SMARTS) is 1. The summed E-state index contributed by atoms with van der Waals surface area (Å²) in [4.78, 5) is 28.8. The zero-order valence-electron chi connectivity index (χ0n) is 10.8. The quantitative estimate of drug-likeness (QED) is 0.834. The van der Waals surface area contributed by atoms with Crippen LogP contribution in [0, 0.1) is 0 Å². The van der Waals surface area contributed by atoms with E-state index in [1.54, 1.807) is 0 Å². The molecule has 1 saturated heterocycles. The first-order valence-electron chi connectivity index (χ1n) is 6.24. The van der Waals surface area contributed by atoms with Gasteiger partial charge in [0, 0.05) is 25.0 Å². The molecule has 0 aliphatic carbocycles. The number of hydrogen-bond acceptors (Lipinski definition) is 4. The second-order valence-electron chi connectivity index (χ2n) is 4.84. The molecule has 1 aromatic rings. The van der Waals surface area contributed by atoms with Crippen LogP contribution in [0.5, 0.6) is 0 Å². The van der Waals surface area contributed by atoms with Crippen molar-refractivity contribution in [2.75, 3.05) is 20.1 Å². The lowest BCUT2D eigenvalue weighted by Crippen LogP contribution is -2.46. The number of carbonyl (C=O) groups is 2. The number of nitrogens with zero attached hydrogens (tertiary/aromatic N) is 2. The number of amides is 1. The van der Waals surface area contributed by atoms with Gasteiger partial charge in [0.05, 0.1) is 11.1 Å². The van der Waals surface area contributed by atoms with E-state index in [4.69, 9.17) is 5.11 Å². The van der Waals surface area contributed by atoms with Gasteiger partial charge in [-0.3, -0.25) is 9.78 Å². The Morgan fingerprint density at radius 3 is 2.84 bits per heavy atom. The van der Waals surface area contributed by atoms with Crippen LogP contribution in [0.15, 0.2) is 18.5 Å². The molecule has 19 heavy (non-hydrogen) atoms. The van der Waals surface area contributed by atoms with Crippen LogP contribution in [0.3, 0.4) is 0 Å². The molecule has 0 radical (unpaired) electrons. The first-order chi connectivity index (χ1) is 9.06. The van der Waals surface area contributed by atoms with Crippen molar-refractivity contribution < 1.29 is 14.7 Å². The first-order valence-corrected chi connectivity index (χ1v) is 6.24. The van der Waals surface area contributed by atoms with Crippen molar-refractivity contribution in [2.24, 2.45) is 0 Å². The molecule has 0 spiro atoms. The lowest BCUT2D eigenvalue weighted by molar-refractivity contribution is 0.0696. The lowest BCUT2D eigenvalue weighted by atomic mass is 10.1. The number of likely N-dealkylation sites (N-methyl/N-ethyl adjacent to an activating group) is 1. The molecule has 1 aliphatic rings. The van der Waals surface area contributed by atoms with E-state index in [1.807, 2.05) is 7.05 Å². The molecule has 6 heteroatoms. The highest BCUT2D eigenvalue weighted by atomic mass is 16.4. The van der Waals surface area contributed by atoms with Crippen LogP contribution in [-0.2, 0) is 0 Å². The van der Waals surface area contributed by atoms with E-state index in [1.165, 1.54) is 18.5 Å². The number of piperidine rings is 1. The van der Waals surface area contributed by atoms with Crippen molar-refractivity contribution in [3.05, 3.63) is 29.6 Å². The minimum absolute atomic E-state index is 0.0217. The third-order valence-corrected chi connectivity index (χ3v) is 3.21. The minimum Gasteiger partial charge on any atom is -0.478 e. The second-order valence-corrected chi connectivity index (χ2v) is 4.84. The van der Waals surface area contributed by atoms with Gasteiger partial charge >= 0.3 is 5.97 Å². The molecule has 0 aromatic carbocycles. The van der Waals surface area contributed by atoms with Gasteiger partial charge in [-0.05, 0) is 32.5 Å². The van der Waals surface area contributed by atoms with Crippen LogP contribution in [-0.4, -0.2) is 53.0 Å². The summed E-state index contributed by atoms with van der Waals surface area (Å²) in [6, 6.07) is 1.46. The van der Waals surface area contributed by atoms with Gasteiger partial charge in [-0.15, -0.1) is 0 Å². The minimum atomic E-state index is -1.08. The van der Waals surface area contributed by atoms with E-state index in [0.29, 0.717) is 0 Å². The molecule has 1 aromatic heterocycles. The van der Waals surface area contributed by atoms with Crippen molar-refractivity contribution in [1.82, 2.24) is 15.2 Å². The molecular weight excluding hydrogens is 246 g/mol. The number of aromatic nitrogens is 1. The maximum absolute atomic E-state index is 12.0. The molecule has 1 aliphatic heterocycles. The molecule has 6 nitrogen and oxygen atoms in total. The average molecular weight is 263 g/mol. The molecule has 1 unspecified atom stereocenters. The van der Waals surface area contributed by atoms with E-state index in [2.05, 4.69) is 15.2 Å². The molecule has 1 atom stereocenters. The van der Waals surface area contributed by atoms with Gasteiger partial charge in [0.2, 0.25) is 0 Å². The highest BCUT2D eigenvalue weighted by Gasteiger charge is 2.20. The van der Waals surface area contributed by atoms with E-state index >= 15 is 0 Å². The number of aromatic carboxylic acids is 1. The van der Waals surface area contributed by atoms with E-state index < -0.39 is 5.97 Å². The van der Waals surface area contributed by atoms with Crippen molar-refractivity contribution in [3.8, 4) is 0 Å². The Labute approximate surface area is 111 Å². The Hall–Kier alpha value is -1.95. The predicted molar refractivity (Wildman–Crippen MR) is 69.2 cm³/mol. The van der Waals surface area contributed by atoms with Crippen LogP contribution in [0.2, 0.25) is 0 Å². The van der Waals surface area contributed by atoms with Gasteiger partial charge in [-0.25, -0.2) is 4.79 Å². The highest BCUT2D eigenvalue weighted by molar-refractivity contribution is 5.97. The Kier molecular flexibility index (Phi) is 4.11. The second kappa shape index (κ2) is 5.79. The number of likely N-dealkylation sites (tertiary alicyclic amines) is 1. The average Bonchev–Trinajstić information content (AvgIpc) is 2.39. The molecule has 1 amide bonds. The lowest BCUT2D eigenvalue weighted by Gasteiger charge is -2.30. The van der Waals surface area contributed by atoms with Crippen molar-refractivity contribution in [2.45, 2.75) is 18.9 Å². The number of rotatable bonds is 3. The molecule has 0 saturated carbocycles. The third-order valence-electron chi connectivity index (χ3n) is 3.21. The Bertz CT molecular complexity index is 490. The van der Waals surface area contributed by atoms with Crippen molar-refractivity contribution >= 4 is 11.9 Å². The Morgan fingerprint density at radius 2 is 2.16 bits per heavy atom. The summed E-state index contributed by atoms with van der Waals surface area (Å²) in [6.45, 7) is 1.86. The number of pyridine rings is 1. The maximum atomic E-state index is 12.0. The summed E-state index contributed by atoms with van der Waals surface area (Å²) in [5.41, 5.74) is 0.307. The maximum Gasteiger partial charge on any atom is 0.337 e. The Balaban J connectivity index is 2.03. The predicted octanol–water partition coefficient (Wildman–Crippen LogP) is 0.604. The standard InChI is InChI=1S/C13H17N3O3/c1-16-4-2-3-11(8-16)15-12(17)9-5-10(13(18)19)7-14-6-9/h5-7,11H,2-4,8H2,1H3,(H,15,17)(H,18,19). The van der Waals surface area contributed by atoms with Crippen LogP contribution in [0.4, 0.5) is 0 Å². The van der Waals surface area contributed by atoms with Crippen molar-refractivity contribution in [3.63, 3.8) is 0 Å². The summed E-state index contributed by atoms with van der Waals surface area (Å²) < 4.78 is 0. The number of nitrogens with one attached hydrogen (secondary N) is 1. The molecule has 2 rings (SSSR count). The SMILES string of the molecule is CN1CCCC(NC(=O)c2cncc(C(=O)O)c2)C1. The zero-order chi connectivity index (χ0) is 13.8. The van der Waals surface area contributed by atoms with Gasteiger partial charge in [-0.2, -0.15) is 0 Å². The molecule has 102 valence electrons. The molecule has 0 bridgehead atoms. The number of carbonyl (C=O) groups excluding carboxylic acids is 1. The van der Waals surface area contributed by atoms with E-state index in [-0.39, 0.29) is 23.1 Å². The molecular formula is C13H17N3O3. The number of carboxylic acids is 1. The smallest absolute Gasteiger partial charge is 0.337 e. The molecule has 2 N–H and O–H groups in total. The van der Waals surface area contributed by atoms with Gasteiger partial charge < -0.3 is 15.3 Å². The van der Waals surface area contributed by atoms with E-state index in [0.717, 1.165) is 25.9 Å². The van der Waals surface area contributed by atoms with Crippen LogP contribution >= 0.6 is 0 Å². The number of hydrogen-bond donors (Lipinski definition) is 2. The molecule has 1 fully saturated rings. The monoisotopic (exact) mass is 263 g/mol. The summed E-state index contributed by atoms with van der Waals surface area (Å²) in [5, 5.41) is 11.8. The highest BCUT2D eigenvalue weighted by Crippen LogP contribution is 2.09. The third kappa shape index (κ3) is 3.51. The zero-order valence-corrected chi connectivity index (χ0v) is 10.8. The van der Waals surface area contributed by atoms with Gasteiger partial charge in [0.25, 0.3) is 5.91 Å². The van der Waals surface area contributed by atoms with Gasteiger partial charge in [0.15, 0.2) is 0 Å². The summed E-state index contributed by atoms with van der Waals surface area (Å²) in [6.07, 6.45) is 4.61. The fraction of sp³-hybridized carbons (Fsp3) is 0.462.